The molecule has 0 spiro atoms. The smallest absolute Gasteiger partial charge is 0.393 e. The van der Waals surface area contributed by atoms with E-state index < -0.39 is 15.5 Å². The summed E-state index contributed by atoms with van der Waals surface area (Å²) in [6.45, 7) is 2.31. The van der Waals surface area contributed by atoms with Crippen molar-refractivity contribution in [1.82, 2.24) is 0 Å². The number of anilines is 1. The van der Waals surface area contributed by atoms with Gasteiger partial charge in [0, 0.05) is 17.2 Å². The van der Waals surface area contributed by atoms with Gasteiger partial charge in [-0.05, 0) is 38.0 Å². The molecule has 1 fully saturated rings. The number of nitrogens with one attached hydrogen (secondary N) is 1. The van der Waals surface area contributed by atoms with E-state index in [0.717, 1.165) is 18.9 Å². The summed E-state index contributed by atoms with van der Waals surface area (Å²) in [5.74, 6) is 0. The quantitative estimate of drug-likeness (QED) is 0.585. The van der Waals surface area contributed by atoms with E-state index >= 15 is 0 Å². The molecule has 2 rings (SSSR count). The first-order valence-corrected chi connectivity index (χ1v) is 9.13. The van der Waals surface area contributed by atoms with Crippen LogP contribution in [0.1, 0.15) is 25.3 Å². The lowest BCUT2D eigenvalue weighted by molar-refractivity contribution is -0.0429. The average Bonchev–Trinajstić information content (AvgIpc) is 3.01. The molecule has 1 aromatic rings. The molecule has 0 aliphatic carbocycles. The summed E-state index contributed by atoms with van der Waals surface area (Å²) >= 11 is 5.84. The van der Waals surface area contributed by atoms with E-state index in [2.05, 4.69) is 5.16 Å². The van der Waals surface area contributed by atoms with E-state index in [9.17, 15) is 21.6 Å². The van der Waals surface area contributed by atoms with Crippen LogP contribution in [0.25, 0.3) is 0 Å². The van der Waals surface area contributed by atoms with E-state index in [1.165, 1.54) is 23.8 Å². The highest BCUT2D eigenvalue weighted by atomic mass is 35.5. The van der Waals surface area contributed by atoms with Crippen molar-refractivity contribution in [2.24, 2.45) is 5.16 Å². The molecule has 0 amide bonds. The van der Waals surface area contributed by atoms with E-state index in [-0.39, 0.29) is 34.7 Å². The molecule has 0 bridgehead atoms. The van der Waals surface area contributed by atoms with Gasteiger partial charge in [-0.15, -0.1) is 0 Å². The van der Waals surface area contributed by atoms with E-state index in [0.29, 0.717) is 6.61 Å². The summed E-state index contributed by atoms with van der Waals surface area (Å²) in [6.07, 6.45) is 1.68. The lowest BCUT2D eigenvalue weighted by Crippen LogP contribution is -2.30. The van der Waals surface area contributed by atoms with Crippen LogP contribution < -0.4 is 4.72 Å². The van der Waals surface area contributed by atoms with Crippen LogP contribution in [0.3, 0.4) is 0 Å². The monoisotopic (exact) mass is 400 g/mol. The van der Waals surface area contributed by atoms with Crippen molar-refractivity contribution in [1.29, 1.82) is 0 Å². The van der Waals surface area contributed by atoms with Crippen molar-refractivity contribution >= 4 is 33.0 Å². The third kappa shape index (κ3) is 5.23. The van der Waals surface area contributed by atoms with Crippen LogP contribution in [0, 0.1) is 0 Å². The molecule has 140 valence electrons. The van der Waals surface area contributed by atoms with Crippen LogP contribution in [0.4, 0.5) is 18.9 Å². The largest absolute Gasteiger partial charge is 0.516 e. The molecule has 11 heteroatoms. The zero-order valence-electron chi connectivity index (χ0n) is 13.1. The topological polar surface area (TPSA) is 77.0 Å². The summed E-state index contributed by atoms with van der Waals surface area (Å²) in [4.78, 5) is 5.15. The van der Waals surface area contributed by atoms with Crippen molar-refractivity contribution in [2.45, 2.75) is 31.4 Å². The fraction of sp³-hybridized carbons (Fsp3) is 0.500. The van der Waals surface area contributed by atoms with Crippen LogP contribution >= 0.6 is 11.6 Å². The van der Waals surface area contributed by atoms with Gasteiger partial charge in [-0.3, -0.25) is 4.72 Å². The molecule has 0 saturated carbocycles. The van der Waals surface area contributed by atoms with Gasteiger partial charge in [-0.1, -0.05) is 16.8 Å². The molecule has 1 aromatic carbocycles. The number of alkyl halides is 3. The molecule has 1 aliphatic heterocycles. The zero-order chi connectivity index (χ0) is 18.7. The Kier molecular flexibility index (Phi) is 6.17. The number of halogens is 4. The number of ether oxygens (including phenoxy) is 1. The van der Waals surface area contributed by atoms with Crippen LogP contribution in [0.15, 0.2) is 23.4 Å². The molecule has 1 heterocycles. The highest BCUT2D eigenvalue weighted by molar-refractivity contribution is 7.93. The van der Waals surface area contributed by atoms with Gasteiger partial charge in [0.1, 0.15) is 6.61 Å². The van der Waals surface area contributed by atoms with Gasteiger partial charge in [0.15, 0.2) is 0 Å². The fourth-order valence-electron chi connectivity index (χ4n) is 2.15. The Balaban J connectivity index is 2.19. The zero-order valence-corrected chi connectivity index (χ0v) is 14.7. The van der Waals surface area contributed by atoms with Crippen molar-refractivity contribution in [3.05, 3.63) is 28.8 Å². The third-order valence-corrected chi connectivity index (χ3v) is 4.74. The number of hydrogen-bond donors (Lipinski definition) is 1. The predicted molar refractivity (Wildman–Crippen MR) is 87.2 cm³/mol. The number of sulfonamides is 1. The number of oxime groups is 1. The van der Waals surface area contributed by atoms with Crippen molar-refractivity contribution in [2.75, 3.05) is 17.9 Å². The molecular formula is C14H16ClF3N2O4S. The first kappa shape index (κ1) is 19.8. The summed E-state index contributed by atoms with van der Waals surface area (Å²) < 4.78 is 67.2. The van der Waals surface area contributed by atoms with Crippen molar-refractivity contribution in [3.63, 3.8) is 0 Å². The SMILES string of the molecule is CC(=NOCC1CCCO1)c1cc(Cl)ccc1NS(=O)(=O)C(F)(F)F. The van der Waals surface area contributed by atoms with Crippen molar-refractivity contribution < 1.29 is 31.2 Å². The maximum atomic E-state index is 12.6. The molecule has 0 aromatic heterocycles. The Morgan fingerprint density at radius 2 is 2.20 bits per heavy atom. The Morgan fingerprint density at radius 3 is 2.80 bits per heavy atom. The third-order valence-electron chi connectivity index (χ3n) is 3.41. The first-order chi connectivity index (χ1) is 11.6. The standard InChI is InChI=1S/C14H16ClF3N2O4S/c1-9(19-24-8-11-3-2-6-23-11)12-7-10(15)4-5-13(12)20-25(21,22)14(16,17)18/h4-5,7,11,20H,2-3,6,8H2,1H3. The minimum absolute atomic E-state index is 0.0765. The van der Waals surface area contributed by atoms with Crippen molar-refractivity contribution in [3.8, 4) is 0 Å². The van der Waals surface area contributed by atoms with E-state index in [1.807, 2.05) is 0 Å². The van der Waals surface area contributed by atoms with Gasteiger partial charge in [0.25, 0.3) is 0 Å². The Hall–Kier alpha value is -1.52. The maximum Gasteiger partial charge on any atom is 0.516 e. The molecule has 1 saturated heterocycles. The van der Waals surface area contributed by atoms with Crippen LogP contribution in [0.5, 0.6) is 0 Å². The Labute approximate surface area is 148 Å². The van der Waals surface area contributed by atoms with Crippen LogP contribution in [0.2, 0.25) is 5.02 Å². The number of benzene rings is 1. The fourth-order valence-corrected chi connectivity index (χ4v) is 2.90. The summed E-state index contributed by atoms with van der Waals surface area (Å²) in [5, 5.41) is 4.02. The molecule has 1 aliphatic rings. The summed E-state index contributed by atoms with van der Waals surface area (Å²) in [7, 11) is -5.56. The number of nitrogens with zero attached hydrogens (tertiary/aromatic N) is 1. The second-order valence-electron chi connectivity index (χ2n) is 5.35. The first-order valence-electron chi connectivity index (χ1n) is 7.27. The van der Waals surface area contributed by atoms with Crippen LogP contribution in [-0.4, -0.2) is 39.0 Å². The molecular weight excluding hydrogens is 385 g/mol. The minimum atomic E-state index is -5.56. The van der Waals surface area contributed by atoms with Gasteiger partial charge >= 0.3 is 15.5 Å². The molecule has 0 radical (unpaired) electrons. The second-order valence-corrected chi connectivity index (χ2v) is 7.46. The van der Waals surface area contributed by atoms with Gasteiger partial charge < -0.3 is 9.57 Å². The Bertz CT molecular complexity index is 747. The minimum Gasteiger partial charge on any atom is -0.393 e. The highest BCUT2D eigenvalue weighted by Gasteiger charge is 2.46. The molecule has 25 heavy (non-hydrogen) atoms. The number of hydrogen-bond acceptors (Lipinski definition) is 5. The van der Waals surface area contributed by atoms with Crippen LogP contribution in [-0.2, 0) is 19.6 Å². The summed E-state index contributed by atoms with van der Waals surface area (Å²) in [5.41, 5.74) is -5.50. The van der Waals surface area contributed by atoms with Gasteiger partial charge in [0.2, 0.25) is 0 Å². The maximum absolute atomic E-state index is 12.6. The molecule has 6 nitrogen and oxygen atoms in total. The second kappa shape index (κ2) is 7.79. The number of rotatable bonds is 6. The summed E-state index contributed by atoms with van der Waals surface area (Å²) in [6, 6.07) is 3.68. The normalized spacial score (nSPS) is 19.1. The Morgan fingerprint density at radius 1 is 1.48 bits per heavy atom. The van der Waals surface area contributed by atoms with E-state index in [1.54, 1.807) is 0 Å². The van der Waals surface area contributed by atoms with E-state index in [4.69, 9.17) is 21.2 Å². The predicted octanol–water partition coefficient (Wildman–Crippen LogP) is 3.52. The van der Waals surface area contributed by atoms with Gasteiger partial charge in [-0.25, -0.2) is 0 Å². The highest BCUT2D eigenvalue weighted by Crippen LogP contribution is 2.29. The molecule has 1 atom stereocenters. The molecule has 1 N–H and O–H groups in total. The lowest BCUT2D eigenvalue weighted by atomic mass is 10.1. The van der Waals surface area contributed by atoms with Gasteiger partial charge in [-0.2, -0.15) is 21.6 Å². The lowest BCUT2D eigenvalue weighted by Gasteiger charge is -2.14. The molecule has 1 unspecified atom stereocenters. The van der Waals surface area contributed by atoms with Gasteiger partial charge in [0.05, 0.1) is 17.5 Å². The average molecular weight is 401 g/mol.